The Morgan fingerprint density at radius 2 is 2.06 bits per heavy atom. The lowest BCUT2D eigenvalue weighted by atomic mass is 10.1. The second-order valence-corrected chi connectivity index (χ2v) is 8.09. The van der Waals surface area contributed by atoms with Crippen LogP contribution in [0, 0.1) is 0 Å². The maximum Gasteiger partial charge on any atom is 0.272 e. The minimum Gasteiger partial charge on any atom is -0.366 e. The fourth-order valence-electron chi connectivity index (χ4n) is 4.05. The van der Waals surface area contributed by atoms with Crippen molar-refractivity contribution in [3.8, 4) is 0 Å². The molecule has 0 saturated carbocycles. The number of aromatic nitrogens is 4. The van der Waals surface area contributed by atoms with E-state index < -0.39 is 6.10 Å². The molecule has 2 aromatic carbocycles. The third-order valence-corrected chi connectivity index (χ3v) is 5.80. The van der Waals surface area contributed by atoms with Crippen LogP contribution in [0.1, 0.15) is 16.1 Å². The van der Waals surface area contributed by atoms with Crippen LogP contribution in [0.5, 0.6) is 0 Å². The molecule has 34 heavy (non-hydrogen) atoms. The van der Waals surface area contributed by atoms with Gasteiger partial charge in [0.15, 0.2) is 11.8 Å². The first-order chi connectivity index (χ1) is 16.6. The van der Waals surface area contributed by atoms with Crippen LogP contribution in [0.2, 0.25) is 0 Å². The number of anilines is 2. The summed E-state index contributed by atoms with van der Waals surface area (Å²) in [7, 11) is 1.57. The number of nitrogens with zero attached hydrogens (tertiary/aromatic N) is 4. The topological polar surface area (TPSA) is 117 Å². The van der Waals surface area contributed by atoms with E-state index in [0.29, 0.717) is 37.6 Å². The molecule has 0 spiro atoms. The summed E-state index contributed by atoms with van der Waals surface area (Å²) in [5, 5.41) is 17.6. The van der Waals surface area contributed by atoms with Crippen molar-refractivity contribution in [3.63, 3.8) is 0 Å². The highest BCUT2D eigenvalue weighted by atomic mass is 16.5. The second-order valence-electron chi connectivity index (χ2n) is 8.09. The van der Waals surface area contributed by atoms with E-state index in [0.717, 1.165) is 22.2 Å². The molecule has 5 rings (SSSR count). The lowest BCUT2D eigenvalue weighted by Crippen LogP contribution is -2.48. The molecule has 174 valence electrons. The molecule has 10 nitrogen and oxygen atoms in total. The number of benzene rings is 2. The molecule has 2 aromatic heterocycles. The van der Waals surface area contributed by atoms with Crippen molar-refractivity contribution in [1.82, 2.24) is 25.3 Å². The first kappa shape index (κ1) is 21.7. The molecule has 2 amide bonds. The molecule has 3 N–H and O–H groups in total. The first-order valence-electron chi connectivity index (χ1n) is 11.0. The van der Waals surface area contributed by atoms with Gasteiger partial charge >= 0.3 is 0 Å². The molecular formula is C24H25N7O3. The van der Waals surface area contributed by atoms with Gasteiger partial charge in [-0.25, -0.2) is 0 Å². The smallest absolute Gasteiger partial charge is 0.272 e. The van der Waals surface area contributed by atoms with E-state index in [-0.39, 0.29) is 11.8 Å². The summed E-state index contributed by atoms with van der Waals surface area (Å²) < 4.78 is 7.53. The first-order valence-corrected chi connectivity index (χ1v) is 11.0. The summed E-state index contributed by atoms with van der Waals surface area (Å²) in [6, 6.07) is 15.7. The number of H-pyrrole nitrogens is 1. The van der Waals surface area contributed by atoms with Gasteiger partial charge in [0, 0.05) is 30.9 Å². The average molecular weight is 460 g/mol. The summed E-state index contributed by atoms with van der Waals surface area (Å²) in [5.74, 6) is -0.456. The summed E-state index contributed by atoms with van der Waals surface area (Å²) in [6.07, 6.45) is 2.82. The largest absolute Gasteiger partial charge is 0.366 e. The van der Waals surface area contributed by atoms with Crippen molar-refractivity contribution in [2.45, 2.75) is 12.6 Å². The Labute approximate surface area is 195 Å². The van der Waals surface area contributed by atoms with Crippen LogP contribution in [0.4, 0.5) is 11.4 Å². The monoisotopic (exact) mass is 459 g/mol. The Hall–Kier alpha value is -4.18. The lowest BCUT2D eigenvalue weighted by molar-refractivity contribution is -0.128. The Morgan fingerprint density at radius 1 is 1.21 bits per heavy atom. The molecule has 1 aliphatic rings. The van der Waals surface area contributed by atoms with Crippen LogP contribution in [0.15, 0.2) is 60.9 Å². The average Bonchev–Trinajstić information content (AvgIpc) is 3.50. The van der Waals surface area contributed by atoms with Crippen molar-refractivity contribution in [1.29, 1.82) is 0 Å². The molecule has 1 fully saturated rings. The maximum atomic E-state index is 12.9. The highest BCUT2D eigenvalue weighted by molar-refractivity contribution is 6.05. The van der Waals surface area contributed by atoms with Crippen LogP contribution < -0.4 is 15.5 Å². The zero-order chi connectivity index (χ0) is 23.5. The molecule has 1 unspecified atom stereocenters. The van der Waals surface area contributed by atoms with E-state index in [2.05, 4.69) is 30.8 Å². The van der Waals surface area contributed by atoms with Crippen LogP contribution >= 0.6 is 0 Å². The Morgan fingerprint density at radius 3 is 2.88 bits per heavy atom. The van der Waals surface area contributed by atoms with Gasteiger partial charge < -0.3 is 20.3 Å². The lowest BCUT2D eigenvalue weighted by Gasteiger charge is -2.33. The fourth-order valence-corrected chi connectivity index (χ4v) is 4.05. The standard InChI is InChI=1S/C24H25N7O3/c1-25-24(33)22-19-8-7-18(11-20(19)28-29-22)30-9-10-34-21(15-30)23(32)27-17-12-26-31(14-17)13-16-5-3-2-4-6-16/h2-8,11-12,14,21H,9-10,13,15H2,1H3,(H,25,33)(H,27,32)(H,28,29). The molecule has 0 bridgehead atoms. The van der Waals surface area contributed by atoms with E-state index >= 15 is 0 Å². The zero-order valence-corrected chi connectivity index (χ0v) is 18.7. The Balaban J connectivity index is 1.24. The van der Waals surface area contributed by atoms with Crippen molar-refractivity contribution in [2.24, 2.45) is 0 Å². The van der Waals surface area contributed by atoms with Gasteiger partial charge in [-0.05, 0) is 23.8 Å². The highest BCUT2D eigenvalue weighted by Gasteiger charge is 2.27. The number of carbonyl (C=O) groups excluding carboxylic acids is 2. The van der Waals surface area contributed by atoms with Crippen LogP contribution in [0.3, 0.4) is 0 Å². The van der Waals surface area contributed by atoms with Gasteiger partial charge in [-0.1, -0.05) is 30.3 Å². The number of rotatable bonds is 6. The third-order valence-electron chi connectivity index (χ3n) is 5.80. The number of carbonyl (C=O) groups is 2. The Bertz CT molecular complexity index is 1310. The third kappa shape index (κ3) is 4.48. The number of ether oxygens (including phenoxy) is 1. The number of fused-ring (bicyclic) bond motifs is 1. The minimum absolute atomic E-state index is 0.214. The van der Waals surface area contributed by atoms with Gasteiger partial charge in [-0.3, -0.25) is 19.4 Å². The summed E-state index contributed by atoms with van der Waals surface area (Å²) in [6.45, 7) is 2.12. The summed E-state index contributed by atoms with van der Waals surface area (Å²) >= 11 is 0. The van der Waals surface area contributed by atoms with Gasteiger partial charge in [-0.15, -0.1) is 0 Å². The number of morpholine rings is 1. The van der Waals surface area contributed by atoms with Crippen molar-refractivity contribution >= 4 is 34.1 Å². The number of amides is 2. The highest BCUT2D eigenvalue weighted by Crippen LogP contribution is 2.25. The normalized spacial score (nSPS) is 15.9. The molecule has 1 saturated heterocycles. The second kappa shape index (κ2) is 9.36. The quantitative estimate of drug-likeness (QED) is 0.406. The van der Waals surface area contributed by atoms with E-state index in [1.54, 1.807) is 17.9 Å². The molecule has 0 aliphatic carbocycles. The molecule has 3 heterocycles. The van der Waals surface area contributed by atoms with E-state index in [4.69, 9.17) is 4.74 Å². The van der Waals surface area contributed by atoms with Crippen LogP contribution in [-0.4, -0.2) is 64.6 Å². The molecule has 4 aromatic rings. The van der Waals surface area contributed by atoms with E-state index in [1.807, 2.05) is 54.7 Å². The van der Waals surface area contributed by atoms with Gasteiger partial charge in [-0.2, -0.15) is 10.2 Å². The predicted molar refractivity (Wildman–Crippen MR) is 128 cm³/mol. The van der Waals surface area contributed by atoms with E-state index in [1.165, 1.54) is 0 Å². The van der Waals surface area contributed by atoms with Crippen LogP contribution in [0.25, 0.3) is 10.9 Å². The number of hydrogen-bond donors (Lipinski definition) is 3. The number of aromatic amines is 1. The van der Waals surface area contributed by atoms with Crippen LogP contribution in [-0.2, 0) is 16.1 Å². The predicted octanol–water partition coefficient (Wildman–Crippen LogP) is 2.01. The van der Waals surface area contributed by atoms with E-state index in [9.17, 15) is 9.59 Å². The van der Waals surface area contributed by atoms with Gasteiger partial charge in [0.05, 0.1) is 37.1 Å². The minimum atomic E-state index is -0.620. The van der Waals surface area contributed by atoms with Crippen molar-refractivity contribution in [3.05, 3.63) is 72.2 Å². The maximum absolute atomic E-state index is 12.9. The van der Waals surface area contributed by atoms with Gasteiger partial charge in [0.1, 0.15) is 0 Å². The van der Waals surface area contributed by atoms with Crippen molar-refractivity contribution in [2.75, 3.05) is 37.0 Å². The molecule has 1 atom stereocenters. The zero-order valence-electron chi connectivity index (χ0n) is 18.7. The van der Waals surface area contributed by atoms with Gasteiger partial charge in [0.25, 0.3) is 11.8 Å². The number of hydrogen-bond acceptors (Lipinski definition) is 6. The summed E-state index contributed by atoms with van der Waals surface area (Å²) in [5.41, 5.74) is 3.80. The number of nitrogens with one attached hydrogen (secondary N) is 3. The fraction of sp³-hybridized carbons (Fsp3) is 0.250. The van der Waals surface area contributed by atoms with Crippen molar-refractivity contribution < 1.29 is 14.3 Å². The Kier molecular flexibility index (Phi) is 5.96. The summed E-state index contributed by atoms with van der Waals surface area (Å²) in [4.78, 5) is 26.9. The molecule has 10 heteroatoms. The van der Waals surface area contributed by atoms with Gasteiger partial charge in [0.2, 0.25) is 0 Å². The molecular weight excluding hydrogens is 434 g/mol. The SMILES string of the molecule is CNC(=O)c1n[nH]c2cc(N3CCOC(C(=O)Nc4cnn(Cc5ccccc5)c4)C3)ccc12. The molecule has 1 aliphatic heterocycles. The molecule has 0 radical (unpaired) electrons.